The molecule has 0 saturated carbocycles. The van der Waals surface area contributed by atoms with Crippen LogP contribution in [0.15, 0.2) is 16.2 Å². The highest BCUT2D eigenvalue weighted by Crippen LogP contribution is 2.29. The van der Waals surface area contributed by atoms with Gasteiger partial charge in [-0.2, -0.15) is 4.98 Å². The fourth-order valence-electron chi connectivity index (χ4n) is 2.43. The molecule has 0 aromatic carbocycles. The third-order valence-corrected chi connectivity index (χ3v) is 4.36. The summed E-state index contributed by atoms with van der Waals surface area (Å²) < 4.78 is 5.38. The number of hydrogen-bond donors (Lipinski definition) is 0. The zero-order chi connectivity index (χ0) is 14.8. The van der Waals surface area contributed by atoms with Gasteiger partial charge in [-0.25, -0.2) is 4.79 Å². The average molecular weight is 307 g/mol. The molecule has 0 atom stereocenters. The molecule has 1 aliphatic rings. The Morgan fingerprint density at radius 1 is 1.43 bits per heavy atom. The van der Waals surface area contributed by atoms with E-state index in [4.69, 9.17) is 4.52 Å². The first-order valence-electron chi connectivity index (χ1n) is 6.84. The molecular formula is C13H17N5O2S. The molecule has 112 valence electrons. The number of urea groups is 1. The Labute approximate surface area is 126 Å². The number of amides is 2. The number of piperidine rings is 1. The predicted molar refractivity (Wildman–Crippen MR) is 78.0 cm³/mol. The Bertz CT molecular complexity index is 602. The van der Waals surface area contributed by atoms with E-state index in [2.05, 4.69) is 15.1 Å². The van der Waals surface area contributed by atoms with Crippen LogP contribution in [-0.4, -0.2) is 58.1 Å². The van der Waals surface area contributed by atoms with E-state index in [-0.39, 0.29) is 11.9 Å². The summed E-state index contributed by atoms with van der Waals surface area (Å²) in [5.74, 6) is 1.49. The van der Waals surface area contributed by atoms with Crippen LogP contribution in [0.25, 0.3) is 10.7 Å². The van der Waals surface area contributed by atoms with Crippen molar-refractivity contribution in [3.8, 4) is 10.7 Å². The largest absolute Gasteiger partial charge is 0.339 e. The van der Waals surface area contributed by atoms with Gasteiger partial charge in [0.15, 0.2) is 0 Å². The van der Waals surface area contributed by atoms with Gasteiger partial charge in [-0.15, -0.1) is 11.3 Å². The summed E-state index contributed by atoms with van der Waals surface area (Å²) in [4.78, 5) is 24.7. The predicted octanol–water partition coefficient (Wildman–Crippen LogP) is 2.05. The van der Waals surface area contributed by atoms with E-state index in [1.165, 1.54) is 11.3 Å². The summed E-state index contributed by atoms with van der Waals surface area (Å²) in [6, 6.07) is 0.0596. The number of hydrogen-bond acceptors (Lipinski definition) is 6. The molecule has 3 rings (SSSR count). The second-order valence-electron chi connectivity index (χ2n) is 5.26. The van der Waals surface area contributed by atoms with E-state index >= 15 is 0 Å². The normalized spacial score (nSPS) is 16.2. The number of nitrogens with zero attached hydrogens (tertiary/aromatic N) is 5. The Hall–Kier alpha value is -1.96. The summed E-state index contributed by atoms with van der Waals surface area (Å²) in [6.45, 7) is 1.44. The zero-order valence-electron chi connectivity index (χ0n) is 12.0. The van der Waals surface area contributed by atoms with Gasteiger partial charge in [-0.1, -0.05) is 5.16 Å². The van der Waals surface area contributed by atoms with Crippen molar-refractivity contribution >= 4 is 17.4 Å². The van der Waals surface area contributed by atoms with Crippen LogP contribution in [0, 0.1) is 0 Å². The number of carbonyl (C=O) groups is 1. The highest BCUT2D eigenvalue weighted by molar-refractivity contribution is 7.13. The van der Waals surface area contributed by atoms with Gasteiger partial charge in [0.2, 0.25) is 11.7 Å². The fourth-order valence-corrected chi connectivity index (χ4v) is 2.97. The molecule has 0 N–H and O–H groups in total. The molecule has 1 fully saturated rings. The second kappa shape index (κ2) is 5.80. The van der Waals surface area contributed by atoms with Gasteiger partial charge in [0.25, 0.3) is 0 Å². The molecule has 0 unspecified atom stereocenters. The van der Waals surface area contributed by atoms with E-state index in [0.29, 0.717) is 11.7 Å². The van der Waals surface area contributed by atoms with Gasteiger partial charge in [0.05, 0.1) is 10.4 Å². The maximum absolute atomic E-state index is 11.9. The molecule has 21 heavy (non-hydrogen) atoms. The number of rotatable bonds is 2. The van der Waals surface area contributed by atoms with E-state index in [1.807, 2.05) is 4.90 Å². The SMILES string of the molecule is CN(C)C(=O)N1CCC(c2nc(-c3cncs3)no2)CC1. The van der Waals surface area contributed by atoms with Crippen LogP contribution >= 0.6 is 11.3 Å². The monoisotopic (exact) mass is 307 g/mol. The van der Waals surface area contributed by atoms with Gasteiger partial charge in [-0.3, -0.25) is 4.98 Å². The van der Waals surface area contributed by atoms with Crippen LogP contribution in [0.3, 0.4) is 0 Å². The Morgan fingerprint density at radius 3 is 2.81 bits per heavy atom. The second-order valence-corrected chi connectivity index (χ2v) is 6.15. The van der Waals surface area contributed by atoms with Crippen LogP contribution in [-0.2, 0) is 0 Å². The zero-order valence-corrected chi connectivity index (χ0v) is 12.8. The maximum atomic E-state index is 11.9. The van der Waals surface area contributed by atoms with E-state index in [1.54, 1.807) is 30.7 Å². The fraction of sp³-hybridized carbons (Fsp3) is 0.538. The smallest absolute Gasteiger partial charge is 0.319 e. The highest BCUT2D eigenvalue weighted by Gasteiger charge is 2.28. The molecule has 3 heterocycles. The van der Waals surface area contributed by atoms with Crippen molar-refractivity contribution in [2.24, 2.45) is 0 Å². The highest BCUT2D eigenvalue weighted by atomic mass is 32.1. The van der Waals surface area contributed by atoms with Gasteiger partial charge >= 0.3 is 6.03 Å². The van der Waals surface area contributed by atoms with Gasteiger partial charge in [0, 0.05) is 39.3 Å². The lowest BCUT2D eigenvalue weighted by atomic mass is 9.97. The van der Waals surface area contributed by atoms with Crippen LogP contribution in [0.5, 0.6) is 0 Å². The molecule has 8 heteroatoms. The molecule has 2 aromatic heterocycles. The molecule has 1 aliphatic heterocycles. The van der Waals surface area contributed by atoms with E-state index in [0.717, 1.165) is 30.8 Å². The van der Waals surface area contributed by atoms with Crippen molar-refractivity contribution < 1.29 is 9.32 Å². The van der Waals surface area contributed by atoms with E-state index in [9.17, 15) is 4.79 Å². The van der Waals surface area contributed by atoms with Crippen molar-refractivity contribution in [1.82, 2.24) is 24.9 Å². The minimum absolute atomic E-state index is 0.0596. The van der Waals surface area contributed by atoms with Crippen LogP contribution in [0.4, 0.5) is 4.79 Å². The standard InChI is InChI=1S/C13H17N5O2S/c1-17(2)13(19)18-5-3-9(4-6-18)12-15-11(16-20-12)10-7-14-8-21-10/h7-9H,3-6H2,1-2H3. The van der Waals surface area contributed by atoms with Crippen molar-refractivity contribution in [2.45, 2.75) is 18.8 Å². The number of aromatic nitrogens is 3. The Morgan fingerprint density at radius 2 is 2.19 bits per heavy atom. The summed E-state index contributed by atoms with van der Waals surface area (Å²) in [5, 5.41) is 4.01. The molecule has 2 aromatic rings. The minimum atomic E-state index is 0.0596. The van der Waals surface area contributed by atoms with Crippen LogP contribution < -0.4 is 0 Å². The van der Waals surface area contributed by atoms with Gasteiger partial charge in [0.1, 0.15) is 0 Å². The quantitative estimate of drug-likeness (QED) is 0.849. The number of carbonyl (C=O) groups excluding carboxylic acids is 1. The van der Waals surface area contributed by atoms with Crippen molar-refractivity contribution in [2.75, 3.05) is 27.2 Å². The minimum Gasteiger partial charge on any atom is -0.339 e. The summed E-state index contributed by atoms with van der Waals surface area (Å²) in [7, 11) is 3.54. The molecule has 7 nitrogen and oxygen atoms in total. The Balaban J connectivity index is 1.64. The molecule has 1 saturated heterocycles. The first-order chi connectivity index (χ1) is 10.1. The molecular weight excluding hydrogens is 290 g/mol. The summed E-state index contributed by atoms with van der Waals surface area (Å²) >= 11 is 1.49. The molecule has 0 bridgehead atoms. The lowest BCUT2D eigenvalue weighted by Crippen LogP contribution is -2.43. The number of likely N-dealkylation sites (tertiary alicyclic amines) is 1. The molecule has 0 aliphatic carbocycles. The third-order valence-electron chi connectivity index (χ3n) is 3.59. The topological polar surface area (TPSA) is 75.4 Å². The van der Waals surface area contributed by atoms with Crippen LogP contribution in [0.2, 0.25) is 0 Å². The summed E-state index contributed by atoms with van der Waals surface area (Å²) in [6.07, 6.45) is 3.44. The van der Waals surface area contributed by atoms with Crippen molar-refractivity contribution in [3.63, 3.8) is 0 Å². The lowest BCUT2D eigenvalue weighted by Gasteiger charge is -2.32. The third kappa shape index (κ3) is 2.90. The Kier molecular flexibility index (Phi) is 3.87. The first-order valence-corrected chi connectivity index (χ1v) is 7.72. The lowest BCUT2D eigenvalue weighted by molar-refractivity contribution is 0.152. The van der Waals surface area contributed by atoms with E-state index < -0.39 is 0 Å². The molecule has 2 amide bonds. The summed E-state index contributed by atoms with van der Waals surface area (Å²) in [5.41, 5.74) is 1.75. The van der Waals surface area contributed by atoms with Gasteiger partial charge < -0.3 is 14.3 Å². The van der Waals surface area contributed by atoms with Crippen molar-refractivity contribution in [1.29, 1.82) is 0 Å². The average Bonchev–Trinajstić information content (AvgIpc) is 3.17. The van der Waals surface area contributed by atoms with Gasteiger partial charge in [-0.05, 0) is 12.8 Å². The maximum Gasteiger partial charge on any atom is 0.319 e. The first kappa shape index (κ1) is 14.0. The van der Waals surface area contributed by atoms with Crippen molar-refractivity contribution in [3.05, 3.63) is 17.6 Å². The van der Waals surface area contributed by atoms with Crippen LogP contribution in [0.1, 0.15) is 24.7 Å². The molecule has 0 radical (unpaired) electrons. The number of thiazole rings is 1. The molecule has 0 spiro atoms.